The van der Waals surface area contributed by atoms with Crippen molar-refractivity contribution in [2.24, 2.45) is 5.41 Å². The third-order valence-electron chi connectivity index (χ3n) is 3.30. The summed E-state index contributed by atoms with van der Waals surface area (Å²) in [6, 6.07) is -0.849. The van der Waals surface area contributed by atoms with Gasteiger partial charge in [0.15, 0.2) is 5.90 Å². The third kappa shape index (κ3) is 4.51. The Morgan fingerprint density at radius 1 is 1.35 bits per heavy atom. The zero-order valence-corrected chi connectivity index (χ0v) is 12.8. The van der Waals surface area contributed by atoms with Crippen LogP contribution in [0.25, 0.3) is 0 Å². The second-order valence-electron chi connectivity index (χ2n) is 6.25. The standard InChI is InChI=1S/C14H24N2O4/c1-6-14(7-8-14)11(15)19-10(17)9(2)16-12(18)20-13(3,4)5/h9,15H,6-8H2,1-5H3,(H,16,18)/t9-/m0/s1. The van der Waals surface area contributed by atoms with Crippen LogP contribution < -0.4 is 5.32 Å². The molecule has 1 fully saturated rings. The van der Waals surface area contributed by atoms with E-state index >= 15 is 0 Å². The summed E-state index contributed by atoms with van der Waals surface area (Å²) in [5.41, 5.74) is -0.887. The zero-order valence-electron chi connectivity index (χ0n) is 12.8. The van der Waals surface area contributed by atoms with Crippen molar-refractivity contribution < 1.29 is 19.1 Å². The molecule has 20 heavy (non-hydrogen) atoms. The molecule has 1 atom stereocenters. The monoisotopic (exact) mass is 284 g/mol. The van der Waals surface area contributed by atoms with Crippen molar-refractivity contribution in [3.05, 3.63) is 0 Å². The van der Waals surface area contributed by atoms with Crippen molar-refractivity contribution in [1.82, 2.24) is 5.32 Å². The molecule has 0 spiro atoms. The molecule has 0 aromatic carbocycles. The Kier molecular flexibility index (Phi) is 4.78. The van der Waals surface area contributed by atoms with Crippen LogP contribution in [-0.2, 0) is 14.3 Å². The van der Waals surface area contributed by atoms with Gasteiger partial charge in [0, 0.05) is 5.41 Å². The lowest BCUT2D eigenvalue weighted by molar-refractivity contribution is -0.138. The molecule has 0 aromatic rings. The van der Waals surface area contributed by atoms with Gasteiger partial charge in [-0.25, -0.2) is 9.59 Å². The van der Waals surface area contributed by atoms with Crippen LogP contribution in [0.4, 0.5) is 4.79 Å². The molecule has 0 aromatic heterocycles. The Labute approximate surface area is 119 Å². The molecule has 0 saturated heterocycles. The van der Waals surface area contributed by atoms with E-state index in [1.165, 1.54) is 6.92 Å². The van der Waals surface area contributed by atoms with Gasteiger partial charge in [-0.15, -0.1) is 0 Å². The van der Waals surface area contributed by atoms with Gasteiger partial charge in [0.2, 0.25) is 0 Å². The fourth-order valence-electron chi connectivity index (χ4n) is 1.73. The van der Waals surface area contributed by atoms with Gasteiger partial charge >= 0.3 is 12.1 Å². The SMILES string of the molecule is CCC1(C(=N)OC(=O)[C@H](C)NC(=O)OC(C)(C)C)CC1. The lowest BCUT2D eigenvalue weighted by atomic mass is 10.0. The minimum atomic E-state index is -0.849. The summed E-state index contributed by atoms with van der Waals surface area (Å²) in [6.45, 7) is 8.69. The van der Waals surface area contributed by atoms with Crippen molar-refractivity contribution in [2.75, 3.05) is 0 Å². The second-order valence-corrected chi connectivity index (χ2v) is 6.25. The summed E-state index contributed by atoms with van der Waals surface area (Å²) in [6.07, 6.45) is 1.87. The van der Waals surface area contributed by atoms with E-state index in [0.29, 0.717) is 0 Å². The highest BCUT2D eigenvalue weighted by Crippen LogP contribution is 2.49. The van der Waals surface area contributed by atoms with Crippen LogP contribution in [-0.4, -0.2) is 29.6 Å². The van der Waals surface area contributed by atoms with E-state index in [4.69, 9.17) is 14.9 Å². The molecule has 1 aliphatic rings. The van der Waals surface area contributed by atoms with Crippen molar-refractivity contribution in [1.29, 1.82) is 5.41 Å². The van der Waals surface area contributed by atoms with Gasteiger partial charge in [-0.2, -0.15) is 0 Å². The molecular formula is C14H24N2O4. The molecule has 1 saturated carbocycles. The molecule has 2 N–H and O–H groups in total. The number of hydrogen-bond donors (Lipinski definition) is 2. The number of nitrogens with one attached hydrogen (secondary N) is 2. The lowest BCUT2D eigenvalue weighted by Gasteiger charge is -2.22. The molecule has 0 unspecified atom stereocenters. The van der Waals surface area contributed by atoms with E-state index in [9.17, 15) is 9.59 Å². The van der Waals surface area contributed by atoms with E-state index in [1.54, 1.807) is 20.8 Å². The smallest absolute Gasteiger partial charge is 0.408 e. The summed E-state index contributed by atoms with van der Waals surface area (Å²) >= 11 is 0. The first-order chi connectivity index (χ1) is 9.09. The molecule has 0 aliphatic heterocycles. The summed E-state index contributed by atoms with van der Waals surface area (Å²) < 4.78 is 10.1. The summed E-state index contributed by atoms with van der Waals surface area (Å²) in [5, 5.41) is 10.2. The van der Waals surface area contributed by atoms with E-state index in [2.05, 4.69) is 5.32 Å². The number of rotatable bonds is 4. The van der Waals surface area contributed by atoms with Crippen molar-refractivity contribution in [3.63, 3.8) is 0 Å². The van der Waals surface area contributed by atoms with E-state index < -0.39 is 23.7 Å². The van der Waals surface area contributed by atoms with Crippen LogP contribution in [0.15, 0.2) is 0 Å². The minimum absolute atomic E-state index is 0.00263. The predicted octanol–water partition coefficient (Wildman–Crippen LogP) is 2.61. The molecule has 6 nitrogen and oxygen atoms in total. The molecule has 0 heterocycles. The van der Waals surface area contributed by atoms with Crippen molar-refractivity contribution in [3.8, 4) is 0 Å². The van der Waals surface area contributed by atoms with E-state index in [1.807, 2.05) is 6.92 Å². The largest absolute Gasteiger partial charge is 0.444 e. The summed E-state index contributed by atoms with van der Waals surface area (Å²) in [4.78, 5) is 23.3. The highest BCUT2D eigenvalue weighted by Gasteiger charge is 2.47. The zero-order chi connectivity index (χ0) is 15.6. The first-order valence-electron chi connectivity index (χ1n) is 6.90. The Bertz CT molecular complexity index is 408. The highest BCUT2D eigenvalue weighted by atomic mass is 16.6. The number of carbonyl (C=O) groups is 2. The van der Waals surface area contributed by atoms with Crippen LogP contribution >= 0.6 is 0 Å². The maximum atomic E-state index is 11.8. The van der Waals surface area contributed by atoms with Gasteiger partial charge < -0.3 is 14.8 Å². The Morgan fingerprint density at radius 3 is 2.30 bits per heavy atom. The second kappa shape index (κ2) is 5.81. The molecule has 1 amide bonds. The number of hydrogen-bond acceptors (Lipinski definition) is 5. The molecule has 0 radical (unpaired) electrons. The van der Waals surface area contributed by atoms with Crippen LogP contribution in [0.2, 0.25) is 0 Å². The van der Waals surface area contributed by atoms with Crippen LogP contribution in [0.3, 0.4) is 0 Å². The third-order valence-corrected chi connectivity index (χ3v) is 3.30. The average Bonchev–Trinajstić information content (AvgIpc) is 3.06. The normalized spacial score (nSPS) is 17.9. The summed E-state index contributed by atoms with van der Waals surface area (Å²) in [7, 11) is 0. The molecular weight excluding hydrogens is 260 g/mol. The highest BCUT2D eigenvalue weighted by molar-refractivity contribution is 5.94. The van der Waals surface area contributed by atoms with Crippen LogP contribution in [0.1, 0.15) is 53.9 Å². The fraction of sp³-hybridized carbons (Fsp3) is 0.786. The van der Waals surface area contributed by atoms with E-state index in [-0.39, 0.29) is 11.3 Å². The van der Waals surface area contributed by atoms with Gasteiger partial charge in [-0.05, 0) is 47.0 Å². The Hall–Kier alpha value is -1.59. The topological polar surface area (TPSA) is 88.5 Å². The molecule has 6 heteroatoms. The van der Waals surface area contributed by atoms with Crippen LogP contribution in [0, 0.1) is 10.8 Å². The summed E-state index contributed by atoms with van der Waals surface area (Å²) in [5.74, 6) is -0.636. The average molecular weight is 284 g/mol. The molecule has 1 aliphatic carbocycles. The van der Waals surface area contributed by atoms with Gasteiger partial charge in [0.1, 0.15) is 11.6 Å². The Morgan fingerprint density at radius 2 is 1.90 bits per heavy atom. The quantitative estimate of drug-likeness (QED) is 0.472. The number of ether oxygens (including phenoxy) is 2. The van der Waals surface area contributed by atoms with Gasteiger partial charge in [0.25, 0.3) is 0 Å². The van der Waals surface area contributed by atoms with Crippen molar-refractivity contribution >= 4 is 18.0 Å². The fourth-order valence-corrected chi connectivity index (χ4v) is 1.73. The Balaban J connectivity index is 2.43. The first-order valence-corrected chi connectivity index (χ1v) is 6.90. The van der Waals surface area contributed by atoms with Gasteiger partial charge in [-0.1, -0.05) is 6.92 Å². The van der Waals surface area contributed by atoms with Crippen molar-refractivity contribution in [2.45, 2.75) is 65.5 Å². The van der Waals surface area contributed by atoms with Gasteiger partial charge in [0.05, 0.1) is 0 Å². The maximum Gasteiger partial charge on any atom is 0.408 e. The first kappa shape index (κ1) is 16.5. The van der Waals surface area contributed by atoms with E-state index in [0.717, 1.165) is 19.3 Å². The molecule has 114 valence electrons. The minimum Gasteiger partial charge on any atom is -0.444 e. The predicted molar refractivity (Wildman–Crippen MR) is 74.6 cm³/mol. The number of esters is 1. The molecule has 0 bridgehead atoms. The number of carbonyl (C=O) groups excluding carboxylic acids is 2. The van der Waals surface area contributed by atoms with Crippen LogP contribution in [0.5, 0.6) is 0 Å². The number of amides is 1. The molecule has 1 rings (SSSR count). The lowest BCUT2D eigenvalue weighted by Crippen LogP contribution is -2.43. The number of alkyl carbamates (subject to hydrolysis) is 1. The van der Waals surface area contributed by atoms with Gasteiger partial charge in [-0.3, -0.25) is 5.41 Å². The maximum absolute atomic E-state index is 11.8.